The SMILES string of the molecule is c1ccc(CNC2CNCCC2Cc2ccccc2)cc1. The summed E-state index contributed by atoms with van der Waals surface area (Å²) in [5.74, 6) is 0.720. The van der Waals surface area contributed by atoms with Crippen LogP contribution in [0.15, 0.2) is 60.7 Å². The van der Waals surface area contributed by atoms with Crippen molar-refractivity contribution >= 4 is 0 Å². The van der Waals surface area contributed by atoms with E-state index in [4.69, 9.17) is 0 Å². The molecule has 2 atom stereocenters. The summed E-state index contributed by atoms with van der Waals surface area (Å²) in [5, 5.41) is 7.27. The molecule has 1 saturated heterocycles. The Bertz CT molecular complexity index is 524. The second kappa shape index (κ2) is 7.39. The second-order valence-electron chi connectivity index (χ2n) is 5.92. The Labute approximate surface area is 127 Å². The highest BCUT2D eigenvalue weighted by atomic mass is 15.0. The Hall–Kier alpha value is -1.64. The molecule has 2 nitrogen and oxygen atoms in total. The summed E-state index contributed by atoms with van der Waals surface area (Å²) >= 11 is 0. The van der Waals surface area contributed by atoms with Crippen LogP contribution in [0.1, 0.15) is 17.5 Å². The van der Waals surface area contributed by atoms with Crippen LogP contribution in [0.2, 0.25) is 0 Å². The first kappa shape index (κ1) is 14.3. The molecule has 0 aromatic heterocycles. The minimum absolute atomic E-state index is 0.555. The van der Waals surface area contributed by atoms with E-state index in [0.29, 0.717) is 6.04 Å². The molecule has 2 aromatic rings. The van der Waals surface area contributed by atoms with Crippen LogP contribution in [0.4, 0.5) is 0 Å². The van der Waals surface area contributed by atoms with Crippen molar-refractivity contribution in [2.24, 2.45) is 5.92 Å². The molecule has 0 radical (unpaired) electrons. The Balaban J connectivity index is 1.59. The van der Waals surface area contributed by atoms with Crippen molar-refractivity contribution in [1.29, 1.82) is 0 Å². The van der Waals surface area contributed by atoms with Crippen LogP contribution in [0.25, 0.3) is 0 Å². The molecule has 1 aliphatic rings. The maximum absolute atomic E-state index is 3.75. The van der Waals surface area contributed by atoms with E-state index in [9.17, 15) is 0 Å². The molecule has 2 unspecified atom stereocenters. The Kier molecular flexibility index (Phi) is 5.03. The quantitative estimate of drug-likeness (QED) is 0.880. The molecule has 2 heteroatoms. The van der Waals surface area contributed by atoms with Gasteiger partial charge in [-0.15, -0.1) is 0 Å². The number of hydrogen-bond donors (Lipinski definition) is 2. The average molecular weight is 280 g/mol. The van der Waals surface area contributed by atoms with E-state index in [1.807, 2.05) is 0 Å². The first-order valence-corrected chi connectivity index (χ1v) is 7.94. The molecule has 0 amide bonds. The lowest BCUT2D eigenvalue weighted by molar-refractivity contribution is 0.274. The van der Waals surface area contributed by atoms with Crippen LogP contribution in [-0.2, 0) is 13.0 Å². The van der Waals surface area contributed by atoms with Crippen molar-refractivity contribution in [3.63, 3.8) is 0 Å². The van der Waals surface area contributed by atoms with Gasteiger partial charge in [0.1, 0.15) is 0 Å². The van der Waals surface area contributed by atoms with E-state index in [2.05, 4.69) is 71.3 Å². The third kappa shape index (κ3) is 4.16. The van der Waals surface area contributed by atoms with Crippen LogP contribution in [0, 0.1) is 5.92 Å². The van der Waals surface area contributed by atoms with Gasteiger partial charge < -0.3 is 10.6 Å². The largest absolute Gasteiger partial charge is 0.315 e. The minimum Gasteiger partial charge on any atom is -0.315 e. The first-order valence-electron chi connectivity index (χ1n) is 7.94. The summed E-state index contributed by atoms with van der Waals surface area (Å²) in [6, 6.07) is 22.1. The van der Waals surface area contributed by atoms with Crippen molar-refractivity contribution in [2.45, 2.75) is 25.4 Å². The molecule has 0 spiro atoms. The van der Waals surface area contributed by atoms with Crippen LogP contribution < -0.4 is 10.6 Å². The van der Waals surface area contributed by atoms with E-state index < -0.39 is 0 Å². The fourth-order valence-electron chi connectivity index (χ4n) is 3.16. The smallest absolute Gasteiger partial charge is 0.0227 e. The molecule has 110 valence electrons. The Morgan fingerprint density at radius 3 is 2.29 bits per heavy atom. The molecule has 1 fully saturated rings. The number of nitrogens with one attached hydrogen (secondary N) is 2. The van der Waals surface area contributed by atoms with Gasteiger partial charge in [0.2, 0.25) is 0 Å². The summed E-state index contributed by atoms with van der Waals surface area (Å²) in [6.45, 7) is 3.17. The van der Waals surface area contributed by atoms with Crippen molar-refractivity contribution in [3.8, 4) is 0 Å². The van der Waals surface area contributed by atoms with E-state index in [0.717, 1.165) is 25.6 Å². The molecule has 2 aromatic carbocycles. The summed E-state index contributed by atoms with van der Waals surface area (Å²) in [7, 11) is 0. The Morgan fingerprint density at radius 1 is 0.905 bits per heavy atom. The van der Waals surface area contributed by atoms with E-state index in [-0.39, 0.29) is 0 Å². The lowest BCUT2D eigenvalue weighted by atomic mass is 9.86. The van der Waals surface area contributed by atoms with Gasteiger partial charge in [-0.05, 0) is 36.4 Å². The Morgan fingerprint density at radius 2 is 1.57 bits per heavy atom. The predicted octanol–water partition coefficient (Wildman–Crippen LogP) is 3.00. The highest BCUT2D eigenvalue weighted by Crippen LogP contribution is 2.19. The lowest BCUT2D eigenvalue weighted by Gasteiger charge is -2.33. The van der Waals surface area contributed by atoms with Crippen LogP contribution in [0.5, 0.6) is 0 Å². The van der Waals surface area contributed by atoms with E-state index in [1.165, 1.54) is 24.0 Å². The molecule has 0 aliphatic carbocycles. The monoisotopic (exact) mass is 280 g/mol. The number of piperidine rings is 1. The summed E-state index contributed by atoms with van der Waals surface area (Å²) in [5.41, 5.74) is 2.82. The van der Waals surface area contributed by atoms with Crippen molar-refractivity contribution in [2.75, 3.05) is 13.1 Å². The van der Waals surface area contributed by atoms with E-state index in [1.54, 1.807) is 0 Å². The zero-order valence-corrected chi connectivity index (χ0v) is 12.5. The summed E-state index contributed by atoms with van der Waals surface area (Å²) < 4.78 is 0. The van der Waals surface area contributed by atoms with Gasteiger partial charge >= 0.3 is 0 Å². The van der Waals surface area contributed by atoms with Gasteiger partial charge in [0.05, 0.1) is 0 Å². The fourth-order valence-corrected chi connectivity index (χ4v) is 3.16. The zero-order valence-electron chi connectivity index (χ0n) is 12.5. The van der Waals surface area contributed by atoms with Gasteiger partial charge in [-0.3, -0.25) is 0 Å². The second-order valence-corrected chi connectivity index (χ2v) is 5.92. The third-order valence-corrected chi connectivity index (χ3v) is 4.38. The van der Waals surface area contributed by atoms with Gasteiger partial charge in [0.15, 0.2) is 0 Å². The molecule has 3 rings (SSSR count). The standard InChI is InChI=1S/C19H24N2/c1-3-7-16(8-4-1)13-18-11-12-20-15-19(18)21-14-17-9-5-2-6-10-17/h1-10,18-21H,11-15H2. The van der Waals surface area contributed by atoms with Crippen molar-refractivity contribution in [3.05, 3.63) is 71.8 Å². The van der Waals surface area contributed by atoms with Crippen LogP contribution in [0.3, 0.4) is 0 Å². The maximum Gasteiger partial charge on any atom is 0.0227 e. The zero-order chi connectivity index (χ0) is 14.3. The van der Waals surface area contributed by atoms with Crippen LogP contribution in [-0.4, -0.2) is 19.1 Å². The van der Waals surface area contributed by atoms with Gasteiger partial charge in [-0.25, -0.2) is 0 Å². The molecule has 1 aliphatic heterocycles. The summed E-state index contributed by atoms with van der Waals surface area (Å²) in [4.78, 5) is 0. The van der Waals surface area contributed by atoms with Crippen LogP contribution >= 0.6 is 0 Å². The lowest BCUT2D eigenvalue weighted by Crippen LogP contribution is -2.49. The number of benzene rings is 2. The topological polar surface area (TPSA) is 24.1 Å². The van der Waals surface area contributed by atoms with Crippen molar-refractivity contribution in [1.82, 2.24) is 10.6 Å². The fraction of sp³-hybridized carbons (Fsp3) is 0.368. The molecule has 0 saturated carbocycles. The summed E-state index contributed by atoms with van der Waals surface area (Å²) in [6.07, 6.45) is 2.43. The van der Waals surface area contributed by atoms with E-state index >= 15 is 0 Å². The molecular weight excluding hydrogens is 256 g/mol. The van der Waals surface area contributed by atoms with Gasteiger partial charge in [0.25, 0.3) is 0 Å². The molecule has 2 N–H and O–H groups in total. The average Bonchev–Trinajstić information content (AvgIpc) is 2.56. The van der Waals surface area contributed by atoms with Gasteiger partial charge in [-0.1, -0.05) is 60.7 Å². The molecule has 1 heterocycles. The molecular formula is C19H24N2. The molecule has 0 bridgehead atoms. The third-order valence-electron chi connectivity index (χ3n) is 4.38. The number of hydrogen-bond acceptors (Lipinski definition) is 2. The highest BCUT2D eigenvalue weighted by Gasteiger charge is 2.24. The van der Waals surface area contributed by atoms with Gasteiger partial charge in [-0.2, -0.15) is 0 Å². The first-order chi connectivity index (χ1) is 10.4. The maximum atomic E-state index is 3.75. The highest BCUT2D eigenvalue weighted by molar-refractivity contribution is 5.17. The molecule has 21 heavy (non-hydrogen) atoms. The predicted molar refractivity (Wildman–Crippen MR) is 88.2 cm³/mol. The number of rotatable bonds is 5. The van der Waals surface area contributed by atoms with Crippen molar-refractivity contribution < 1.29 is 0 Å². The normalized spacial score (nSPS) is 22.1. The van der Waals surface area contributed by atoms with Gasteiger partial charge in [0, 0.05) is 19.1 Å². The minimum atomic E-state index is 0.555.